The third-order valence-electron chi connectivity index (χ3n) is 4.18. The third kappa shape index (κ3) is 4.63. The Labute approximate surface area is 156 Å². The van der Waals surface area contributed by atoms with Gasteiger partial charge in [-0.25, -0.2) is 4.79 Å². The Morgan fingerprint density at radius 3 is 2.69 bits per heavy atom. The molecule has 0 bridgehead atoms. The second-order valence-electron chi connectivity index (χ2n) is 6.18. The number of unbranched alkanes of at least 4 members (excludes halogenated alkanes) is 1. The van der Waals surface area contributed by atoms with E-state index in [0.29, 0.717) is 25.9 Å². The summed E-state index contributed by atoms with van der Waals surface area (Å²) in [7, 11) is 0. The molecule has 1 amide bonds. The summed E-state index contributed by atoms with van der Waals surface area (Å²) >= 11 is 1.59. The van der Waals surface area contributed by atoms with Crippen LogP contribution in [0.5, 0.6) is 0 Å². The van der Waals surface area contributed by atoms with E-state index in [-0.39, 0.29) is 23.8 Å². The van der Waals surface area contributed by atoms with E-state index in [0.717, 1.165) is 18.4 Å². The van der Waals surface area contributed by atoms with Crippen molar-refractivity contribution in [2.75, 3.05) is 17.2 Å². The molecule has 0 aliphatic rings. The van der Waals surface area contributed by atoms with Crippen LogP contribution in [0, 0.1) is 0 Å². The van der Waals surface area contributed by atoms with Crippen molar-refractivity contribution in [2.45, 2.75) is 52.5 Å². The number of carbonyl (C=O) groups is 1. The van der Waals surface area contributed by atoms with Gasteiger partial charge in [0.1, 0.15) is 5.82 Å². The number of aromatic nitrogens is 2. The molecule has 0 radical (unpaired) electrons. The second-order valence-corrected chi connectivity index (χ2v) is 6.96. The Hall–Kier alpha value is -2.35. The van der Waals surface area contributed by atoms with Gasteiger partial charge in [0.05, 0.1) is 0 Å². The topological polar surface area (TPSA) is 101 Å². The number of aryl methyl sites for hydroxylation is 1. The molecule has 2 rings (SSSR count). The molecule has 142 valence electrons. The van der Waals surface area contributed by atoms with Gasteiger partial charge >= 0.3 is 5.69 Å². The smallest absolute Gasteiger partial charge is 0.330 e. The third-order valence-corrected chi connectivity index (χ3v) is 4.91. The minimum atomic E-state index is -0.611. The molecule has 0 saturated carbocycles. The van der Waals surface area contributed by atoms with Gasteiger partial charge in [-0.1, -0.05) is 20.3 Å². The molecule has 0 unspecified atom stereocenters. The number of nitrogens with zero attached hydrogens (tertiary/aromatic N) is 2. The lowest BCUT2D eigenvalue weighted by Crippen LogP contribution is -2.41. The predicted molar refractivity (Wildman–Crippen MR) is 106 cm³/mol. The monoisotopic (exact) mass is 378 g/mol. The molecule has 3 N–H and O–H groups in total. The molecule has 7 nitrogen and oxygen atoms in total. The number of anilines is 2. The Balaban J connectivity index is 2.36. The summed E-state index contributed by atoms with van der Waals surface area (Å²) in [5.74, 6) is -0.107. The number of hydrogen-bond acceptors (Lipinski definition) is 5. The molecular weight excluding hydrogens is 352 g/mol. The molecule has 2 aromatic rings. The van der Waals surface area contributed by atoms with Gasteiger partial charge in [0.2, 0.25) is 5.91 Å². The normalized spacial score (nSPS) is 10.8. The molecule has 0 aliphatic heterocycles. The van der Waals surface area contributed by atoms with E-state index in [9.17, 15) is 14.4 Å². The second kappa shape index (κ2) is 9.38. The minimum Gasteiger partial charge on any atom is -0.383 e. The SMILES string of the molecule is CCCCN(C(=O)CCc1ccsc1)c1c(N)n(CCC)c(=O)[nH]c1=O. The Morgan fingerprint density at radius 2 is 2.08 bits per heavy atom. The molecule has 0 fully saturated rings. The number of nitrogen functional groups attached to an aromatic ring is 1. The number of thiophene rings is 1. The first-order valence-electron chi connectivity index (χ1n) is 8.93. The number of H-pyrrole nitrogens is 1. The molecule has 0 atom stereocenters. The van der Waals surface area contributed by atoms with Crippen LogP contribution in [0.15, 0.2) is 26.4 Å². The first-order valence-corrected chi connectivity index (χ1v) is 9.87. The highest BCUT2D eigenvalue weighted by molar-refractivity contribution is 7.07. The maximum atomic E-state index is 12.8. The average Bonchev–Trinajstić information content (AvgIpc) is 3.12. The van der Waals surface area contributed by atoms with Crippen LogP contribution in [0.1, 0.15) is 45.1 Å². The van der Waals surface area contributed by atoms with E-state index in [2.05, 4.69) is 4.98 Å². The number of amides is 1. The van der Waals surface area contributed by atoms with Crippen LogP contribution in [0.3, 0.4) is 0 Å². The number of nitrogens with one attached hydrogen (secondary N) is 1. The van der Waals surface area contributed by atoms with Gasteiger partial charge in [0, 0.05) is 19.5 Å². The van der Waals surface area contributed by atoms with Crippen molar-refractivity contribution in [3.05, 3.63) is 43.2 Å². The van der Waals surface area contributed by atoms with Gasteiger partial charge in [-0.3, -0.25) is 19.1 Å². The number of nitrogens with two attached hydrogens (primary N) is 1. The van der Waals surface area contributed by atoms with E-state index in [1.165, 1.54) is 9.47 Å². The van der Waals surface area contributed by atoms with Crippen LogP contribution in [-0.2, 0) is 17.8 Å². The van der Waals surface area contributed by atoms with Crippen LogP contribution in [-0.4, -0.2) is 22.0 Å². The van der Waals surface area contributed by atoms with Crippen molar-refractivity contribution >= 4 is 28.7 Å². The Bertz CT molecular complexity index is 839. The summed E-state index contributed by atoms with van der Waals surface area (Å²) in [5.41, 5.74) is 6.15. The molecule has 8 heteroatoms. The molecule has 0 aromatic carbocycles. The zero-order valence-electron chi connectivity index (χ0n) is 15.3. The molecular formula is C18H26N4O3S. The summed E-state index contributed by atoms with van der Waals surface area (Å²) in [4.78, 5) is 41.0. The van der Waals surface area contributed by atoms with Crippen molar-refractivity contribution in [2.24, 2.45) is 0 Å². The maximum absolute atomic E-state index is 12.8. The Kier molecular flexibility index (Phi) is 7.20. The van der Waals surface area contributed by atoms with Gasteiger partial charge in [-0.15, -0.1) is 0 Å². The van der Waals surface area contributed by atoms with Gasteiger partial charge < -0.3 is 10.6 Å². The fourth-order valence-electron chi connectivity index (χ4n) is 2.78. The van der Waals surface area contributed by atoms with Crippen LogP contribution >= 0.6 is 11.3 Å². The van der Waals surface area contributed by atoms with Gasteiger partial charge in [-0.2, -0.15) is 11.3 Å². The lowest BCUT2D eigenvalue weighted by atomic mass is 10.1. The van der Waals surface area contributed by atoms with Gasteiger partial charge in [0.15, 0.2) is 5.69 Å². The largest absolute Gasteiger partial charge is 0.383 e. The maximum Gasteiger partial charge on any atom is 0.330 e. The summed E-state index contributed by atoms with van der Waals surface area (Å²) < 4.78 is 1.32. The van der Waals surface area contributed by atoms with E-state index in [4.69, 9.17) is 5.73 Å². The molecule has 0 saturated heterocycles. The summed E-state index contributed by atoms with van der Waals surface area (Å²) in [5, 5.41) is 3.98. The number of hydrogen-bond donors (Lipinski definition) is 2. The predicted octanol–water partition coefficient (Wildman–Crippen LogP) is 2.36. The zero-order valence-corrected chi connectivity index (χ0v) is 16.1. The standard InChI is InChI=1S/C18H26N4O3S/c1-3-5-10-21(14(23)7-6-13-8-11-26-12-13)15-16(19)22(9-4-2)18(25)20-17(15)24/h8,11-12H,3-7,9-10,19H2,1-2H3,(H,20,24,25). The number of aromatic amines is 1. The van der Waals surface area contributed by atoms with E-state index >= 15 is 0 Å². The molecule has 2 aromatic heterocycles. The lowest BCUT2D eigenvalue weighted by molar-refractivity contribution is -0.118. The molecule has 2 heterocycles. The van der Waals surface area contributed by atoms with E-state index in [1.807, 2.05) is 30.7 Å². The van der Waals surface area contributed by atoms with Crippen molar-refractivity contribution in [3.8, 4) is 0 Å². The first kappa shape index (κ1) is 20.0. The summed E-state index contributed by atoms with van der Waals surface area (Å²) in [6.07, 6.45) is 3.21. The number of rotatable bonds is 9. The average molecular weight is 378 g/mol. The highest BCUT2D eigenvalue weighted by Gasteiger charge is 2.23. The summed E-state index contributed by atoms with van der Waals surface area (Å²) in [6, 6.07) is 1.98. The molecule has 0 aliphatic carbocycles. The van der Waals surface area contributed by atoms with Crippen LogP contribution < -0.4 is 21.9 Å². The van der Waals surface area contributed by atoms with E-state index < -0.39 is 11.2 Å². The quantitative estimate of drug-likeness (QED) is 0.699. The van der Waals surface area contributed by atoms with Crippen LogP contribution in [0.2, 0.25) is 0 Å². The van der Waals surface area contributed by atoms with Crippen molar-refractivity contribution in [1.29, 1.82) is 0 Å². The van der Waals surface area contributed by atoms with Gasteiger partial charge in [0.25, 0.3) is 5.56 Å². The number of carbonyl (C=O) groups excluding carboxylic acids is 1. The minimum absolute atomic E-state index is 0.0561. The fourth-order valence-corrected chi connectivity index (χ4v) is 3.49. The zero-order chi connectivity index (χ0) is 19.1. The van der Waals surface area contributed by atoms with E-state index in [1.54, 1.807) is 11.3 Å². The van der Waals surface area contributed by atoms with Gasteiger partial charge in [-0.05, 0) is 41.7 Å². The van der Waals surface area contributed by atoms with Crippen LogP contribution in [0.25, 0.3) is 0 Å². The van der Waals surface area contributed by atoms with Crippen LogP contribution in [0.4, 0.5) is 11.5 Å². The van der Waals surface area contributed by atoms with Crippen molar-refractivity contribution < 1.29 is 4.79 Å². The van der Waals surface area contributed by atoms with Crippen molar-refractivity contribution in [1.82, 2.24) is 9.55 Å². The first-order chi connectivity index (χ1) is 12.5. The molecule has 0 spiro atoms. The van der Waals surface area contributed by atoms with Crippen molar-refractivity contribution in [3.63, 3.8) is 0 Å². The fraction of sp³-hybridized carbons (Fsp3) is 0.500. The summed E-state index contributed by atoms with van der Waals surface area (Å²) in [6.45, 7) is 4.72. The highest BCUT2D eigenvalue weighted by Crippen LogP contribution is 2.20. The molecule has 26 heavy (non-hydrogen) atoms. The highest BCUT2D eigenvalue weighted by atomic mass is 32.1. The Morgan fingerprint density at radius 1 is 1.31 bits per heavy atom. The lowest BCUT2D eigenvalue weighted by Gasteiger charge is -2.24.